The maximum absolute atomic E-state index is 14.6. The number of carbonyl (C=O) groups is 6. The molecule has 0 aromatic heterocycles. The Labute approximate surface area is 315 Å². The first-order valence-corrected chi connectivity index (χ1v) is 17.9. The van der Waals surface area contributed by atoms with Crippen molar-refractivity contribution in [2.45, 2.75) is 76.3 Å². The number of methoxy groups -OCH3 is 1. The van der Waals surface area contributed by atoms with Gasteiger partial charge in [0.05, 0.1) is 7.11 Å². The van der Waals surface area contributed by atoms with Crippen molar-refractivity contribution in [1.82, 2.24) is 30.7 Å². The number of fused-ring (bicyclic) bond motifs is 2. The van der Waals surface area contributed by atoms with E-state index in [0.717, 1.165) is 5.56 Å². The quantitative estimate of drug-likeness (QED) is 0.366. The summed E-state index contributed by atoms with van der Waals surface area (Å²) in [7, 11) is 5.94. The standard InChI is InChI=1S/C40H48N6O8/c1-23-35(47)42-24(2)38(50)44(4)30(19-26-11-9-8-10-12-26)37(49)43-25(3)39(51)46(6)32-20-27-13-16-29(17-14-27)54-34-22-28(15-18-33(34)53-7)21-31(36(48)41-23)45(5)40(32)52/h8-18,22-25,30-32H,19-21H2,1-7H3,(H,41,48)(H,42,47)(H,43,49)/t23-,24-,25-,30-,31-,32-/m0/s1. The van der Waals surface area contributed by atoms with Gasteiger partial charge in [-0.05, 0) is 61.7 Å². The van der Waals surface area contributed by atoms with E-state index in [9.17, 15) is 28.8 Å². The molecule has 0 unspecified atom stereocenters. The van der Waals surface area contributed by atoms with E-state index in [1.165, 1.54) is 63.7 Å². The van der Waals surface area contributed by atoms with Crippen LogP contribution in [0.15, 0.2) is 72.8 Å². The first kappa shape index (κ1) is 39.3. The first-order valence-electron chi connectivity index (χ1n) is 17.9. The molecular formula is C40H48N6O8. The Morgan fingerprint density at radius 2 is 1.19 bits per heavy atom. The van der Waals surface area contributed by atoms with E-state index in [1.807, 2.05) is 30.3 Å². The highest BCUT2D eigenvalue weighted by Crippen LogP contribution is 2.34. The van der Waals surface area contributed by atoms with Gasteiger partial charge in [-0.2, -0.15) is 0 Å². The van der Waals surface area contributed by atoms with Crippen LogP contribution < -0.4 is 25.4 Å². The second-order valence-electron chi connectivity index (χ2n) is 13.9. The molecule has 3 aliphatic rings. The summed E-state index contributed by atoms with van der Waals surface area (Å²) in [4.78, 5) is 87.8. The molecule has 3 heterocycles. The van der Waals surface area contributed by atoms with Gasteiger partial charge in [0.15, 0.2) is 11.5 Å². The van der Waals surface area contributed by atoms with Gasteiger partial charge < -0.3 is 40.1 Å². The molecule has 54 heavy (non-hydrogen) atoms. The van der Waals surface area contributed by atoms with Gasteiger partial charge in [0.25, 0.3) is 0 Å². The highest BCUT2D eigenvalue weighted by Gasteiger charge is 2.39. The average molecular weight is 741 g/mol. The van der Waals surface area contributed by atoms with Gasteiger partial charge in [-0.1, -0.05) is 48.5 Å². The lowest BCUT2D eigenvalue weighted by Gasteiger charge is -2.36. The Morgan fingerprint density at radius 3 is 1.83 bits per heavy atom. The highest BCUT2D eigenvalue weighted by atomic mass is 16.5. The smallest absolute Gasteiger partial charge is 0.246 e. The maximum atomic E-state index is 14.6. The maximum Gasteiger partial charge on any atom is 0.246 e. The molecule has 0 spiro atoms. The lowest BCUT2D eigenvalue weighted by Crippen LogP contribution is -2.61. The predicted octanol–water partition coefficient (Wildman–Crippen LogP) is 1.84. The van der Waals surface area contributed by atoms with E-state index in [4.69, 9.17) is 9.47 Å². The molecule has 286 valence electrons. The molecule has 3 aromatic carbocycles. The van der Waals surface area contributed by atoms with Crippen LogP contribution >= 0.6 is 0 Å². The number of hydrogen-bond acceptors (Lipinski definition) is 8. The molecule has 0 aliphatic carbocycles. The third-order valence-electron chi connectivity index (χ3n) is 10.1. The predicted molar refractivity (Wildman–Crippen MR) is 200 cm³/mol. The Bertz CT molecular complexity index is 1890. The van der Waals surface area contributed by atoms with Crippen molar-refractivity contribution in [2.75, 3.05) is 28.3 Å². The Kier molecular flexibility index (Phi) is 12.2. The fourth-order valence-electron chi connectivity index (χ4n) is 6.69. The number of nitrogens with zero attached hydrogens (tertiary/aromatic N) is 3. The number of ether oxygens (including phenoxy) is 2. The van der Waals surface area contributed by atoms with Crippen LogP contribution in [0.2, 0.25) is 0 Å². The minimum Gasteiger partial charge on any atom is -0.493 e. The van der Waals surface area contributed by atoms with Crippen molar-refractivity contribution < 1.29 is 38.2 Å². The number of benzene rings is 3. The molecule has 3 aliphatic heterocycles. The lowest BCUT2D eigenvalue weighted by atomic mass is 9.98. The van der Waals surface area contributed by atoms with Crippen LogP contribution in [-0.2, 0) is 48.0 Å². The van der Waals surface area contributed by atoms with Gasteiger partial charge in [0, 0.05) is 40.4 Å². The molecule has 3 aromatic rings. The third kappa shape index (κ3) is 8.81. The molecular weight excluding hydrogens is 692 g/mol. The van der Waals surface area contributed by atoms with Gasteiger partial charge in [-0.25, -0.2) is 0 Å². The van der Waals surface area contributed by atoms with Crippen LogP contribution in [0.5, 0.6) is 17.2 Å². The molecule has 3 N–H and O–H groups in total. The van der Waals surface area contributed by atoms with Crippen LogP contribution in [0, 0.1) is 0 Å². The second kappa shape index (κ2) is 16.8. The summed E-state index contributed by atoms with van der Waals surface area (Å²) < 4.78 is 11.7. The number of rotatable bonds is 3. The number of likely N-dealkylation sites (N-methyl/N-ethyl adjacent to an activating group) is 3. The highest BCUT2D eigenvalue weighted by molar-refractivity contribution is 5.98. The van der Waals surface area contributed by atoms with Crippen LogP contribution in [0.25, 0.3) is 0 Å². The molecule has 6 bridgehead atoms. The molecule has 14 nitrogen and oxygen atoms in total. The molecule has 6 atom stereocenters. The zero-order chi connectivity index (χ0) is 39.3. The van der Waals surface area contributed by atoms with Gasteiger partial charge in [0.2, 0.25) is 35.4 Å². The van der Waals surface area contributed by atoms with Crippen molar-refractivity contribution in [1.29, 1.82) is 0 Å². The number of nitrogens with one attached hydrogen (secondary N) is 3. The van der Waals surface area contributed by atoms with Crippen molar-refractivity contribution >= 4 is 35.4 Å². The molecule has 0 saturated carbocycles. The van der Waals surface area contributed by atoms with Gasteiger partial charge in [-0.3, -0.25) is 28.8 Å². The minimum absolute atomic E-state index is 0.0136. The lowest BCUT2D eigenvalue weighted by molar-refractivity contribution is -0.149. The summed E-state index contributed by atoms with van der Waals surface area (Å²) in [6.07, 6.45) is 0.209. The second-order valence-corrected chi connectivity index (χ2v) is 13.9. The summed E-state index contributed by atoms with van der Waals surface area (Å²) in [6, 6.07) is 14.7. The summed E-state index contributed by atoms with van der Waals surface area (Å²) in [5, 5.41) is 8.15. The fraction of sp³-hybridized carbons (Fsp3) is 0.400. The number of hydrogen-bond donors (Lipinski definition) is 3. The fourth-order valence-corrected chi connectivity index (χ4v) is 6.69. The Hall–Kier alpha value is -5.92. The Balaban J connectivity index is 1.59. The van der Waals surface area contributed by atoms with Crippen LogP contribution in [-0.4, -0.2) is 115 Å². The molecule has 6 amide bonds. The van der Waals surface area contributed by atoms with E-state index >= 15 is 0 Å². The van der Waals surface area contributed by atoms with E-state index < -0.39 is 71.7 Å². The zero-order valence-electron chi connectivity index (χ0n) is 31.6. The Morgan fingerprint density at radius 1 is 0.630 bits per heavy atom. The minimum atomic E-state index is -1.15. The van der Waals surface area contributed by atoms with E-state index in [0.29, 0.717) is 28.4 Å². The van der Waals surface area contributed by atoms with Crippen LogP contribution in [0.1, 0.15) is 37.5 Å². The normalized spacial score (nSPS) is 24.8. The summed E-state index contributed by atoms with van der Waals surface area (Å²) in [6.45, 7) is 4.48. The van der Waals surface area contributed by atoms with Gasteiger partial charge in [-0.15, -0.1) is 0 Å². The van der Waals surface area contributed by atoms with Gasteiger partial charge >= 0.3 is 0 Å². The first-order chi connectivity index (χ1) is 25.7. The van der Waals surface area contributed by atoms with Crippen molar-refractivity contribution in [3.63, 3.8) is 0 Å². The molecule has 6 rings (SSSR count). The molecule has 14 heteroatoms. The monoisotopic (exact) mass is 740 g/mol. The summed E-state index contributed by atoms with van der Waals surface area (Å²) in [5.74, 6) is -2.14. The van der Waals surface area contributed by atoms with E-state index in [1.54, 1.807) is 42.5 Å². The van der Waals surface area contributed by atoms with E-state index in [2.05, 4.69) is 16.0 Å². The van der Waals surface area contributed by atoms with Crippen molar-refractivity contribution in [3.8, 4) is 17.2 Å². The molecule has 1 fully saturated rings. The van der Waals surface area contributed by atoms with Crippen LogP contribution in [0.4, 0.5) is 0 Å². The zero-order valence-corrected chi connectivity index (χ0v) is 31.6. The number of amides is 6. The molecule has 1 saturated heterocycles. The SMILES string of the molecule is COc1ccc2cc1Oc1ccc(cc1)C[C@H]1C(=O)N(C)[C@@H](C2)C(=O)N[C@@H](C)C(=O)N[C@@H](C)C(=O)N(C)[C@@H](Cc2ccccc2)C(=O)N[C@@H](C)C(=O)N1C. The van der Waals surface area contributed by atoms with Crippen LogP contribution in [0.3, 0.4) is 0 Å². The number of carbonyl (C=O) groups excluding carboxylic acids is 6. The largest absolute Gasteiger partial charge is 0.493 e. The summed E-state index contributed by atoms with van der Waals surface area (Å²) >= 11 is 0. The van der Waals surface area contributed by atoms with Gasteiger partial charge in [0.1, 0.15) is 42.0 Å². The average Bonchev–Trinajstić information content (AvgIpc) is 3.16. The molecule has 0 radical (unpaired) electrons. The summed E-state index contributed by atoms with van der Waals surface area (Å²) in [5.41, 5.74) is 2.10. The van der Waals surface area contributed by atoms with Crippen molar-refractivity contribution in [3.05, 3.63) is 89.5 Å². The topological polar surface area (TPSA) is 167 Å². The van der Waals surface area contributed by atoms with Crippen molar-refractivity contribution in [2.24, 2.45) is 0 Å². The third-order valence-corrected chi connectivity index (χ3v) is 10.1. The van der Waals surface area contributed by atoms with E-state index in [-0.39, 0.29) is 19.3 Å².